The Balaban J connectivity index is 2.01. The van der Waals surface area contributed by atoms with Gasteiger partial charge in [-0.25, -0.2) is 4.98 Å². The number of nitrogens with zero attached hydrogens (tertiary/aromatic N) is 2. The molecule has 1 fully saturated rings. The van der Waals surface area contributed by atoms with Gasteiger partial charge in [0, 0.05) is 6.54 Å². The van der Waals surface area contributed by atoms with Crippen molar-refractivity contribution in [1.29, 1.82) is 0 Å². The van der Waals surface area contributed by atoms with Crippen LogP contribution in [0.2, 0.25) is 0 Å². The molecule has 1 saturated heterocycles. The summed E-state index contributed by atoms with van der Waals surface area (Å²) in [7, 11) is 0. The van der Waals surface area contributed by atoms with Crippen LogP contribution in [0, 0.1) is 12.8 Å². The Morgan fingerprint density at radius 1 is 1.53 bits per heavy atom. The minimum absolute atomic E-state index is 0.637. The van der Waals surface area contributed by atoms with Gasteiger partial charge in [0.2, 0.25) is 5.95 Å². The van der Waals surface area contributed by atoms with Crippen LogP contribution in [0.4, 0.5) is 5.95 Å². The maximum Gasteiger partial charge on any atom is 0.201 e. The van der Waals surface area contributed by atoms with Crippen molar-refractivity contribution in [2.45, 2.75) is 19.9 Å². The topological polar surface area (TPSA) is 55.9 Å². The standard InChI is InChI=1S/C13H18N4/c1-9-2-3-11-12(6-9)17(13(14)16-11)8-10-4-5-15-7-10/h2-3,6,10,15H,4-5,7-8H2,1H3,(H2,14,16). The number of rotatable bonds is 2. The number of nitrogen functional groups attached to an aromatic ring is 1. The fraction of sp³-hybridized carbons (Fsp3) is 0.462. The molecule has 1 aromatic carbocycles. The number of benzene rings is 1. The van der Waals surface area contributed by atoms with Gasteiger partial charge in [-0.05, 0) is 50.0 Å². The summed E-state index contributed by atoms with van der Waals surface area (Å²) in [5, 5.41) is 3.39. The van der Waals surface area contributed by atoms with Gasteiger partial charge in [0.05, 0.1) is 11.0 Å². The maximum absolute atomic E-state index is 6.01. The van der Waals surface area contributed by atoms with Crippen LogP contribution in [0.5, 0.6) is 0 Å². The highest BCUT2D eigenvalue weighted by atomic mass is 15.2. The summed E-state index contributed by atoms with van der Waals surface area (Å²) < 4.78 is 2.15. The van der Waals surface area contributed by atoms with Gasteiger partial charge < -0.3 is 15.6 Å². The van der Waals surface area contributed by atoms with Crippen molar-refractivity contribution < 1.29 is 0 Å². The van der Waals surface area contributed by atoms with Crippen LogP contribution < -0.4 is 11.1 Å². The number of nitrogens with two attached hydrogens (primary N) is 1. The first-order valence-corrected chi connectivity index (χ1v) is 6.17. The largest absolute Gasteiger partial charge is 0.369 e. The summed E-state index contributed by atoms with van der Waals surface area (Å²) >= 11 is 0. The molecule has 17 heavy (non-hydrogen) atoms. The van der Waals surface area contributed by atoms with Gasteiger partial charge in [-0.1, -0.05) is 6.07 Å². The Morgan fingerprint density at radius 2 is 2.41 bits per heavy atom. The van der Waals surface area contributed by atoms with Gasteiger partial charge in [0.1, 0.15) is 0 Å². The van der Waals surface area contributed by atoms with Crippen LogP contribution in [0.1, 0.15) is 12.0 Å². The molecule has 1 aromatic heterocycles. The van der Waals surface area contributed by atoms with Crippen LogP contribution in [-0.4, -0.2) is 22.6 Å². The van der Waals surface area contributed by atoms with Crippen LogP contribution in [-0.2, 0) is 6.54 Å². The molecule has 0 spiro atoms. The van der Waals surface area contributed by atoms with Crippen LogP contribution in [0.15, 0.2) is 18.2 Å². The highest BCUT2D eigenvalue weighted by molar-refractivity contribution is 5.79. The molecule has 0 aliphatic carbocycles. The Morgan fingerprint density at radius 3 is 3.18 bits per heavy atom. The molecule has 1 aliphatic rings. The molecule has 0 amide bonds. The van der Waals surface area contributed by atoms with E-state index in [1.807, 2.05) is 6.07 Å². The maximum atomic E-state index is 6.01. The van der Waals surface area contributed by atoms with Crippen molar-refractivity contribution in [3.63, 3.8) is 0 Å². The van der Waals surface area contributed by atoms with Crippen LogP contribution in [0.3, 0.4) is 0 Å². The summed E-state index contributed by atoms with van der Waals surface area (Å²) in [6, 6.07) is 6.29. The number of nitrogens with one attached hydrogen (secondary N) is 1. The van der Waals surface area contributed by atoms with Crippen molar-refractivity contribution in [1.82, 2.24) is 14.9 Å². The average molecular weight is 230 g/mol. The predicted molar refractivity (Wildman–Crippen MR) is 69.9 cm³/mol. The van der Waals surface area contributed by atoms with E-state index in [-0.39, 0.29) is 0 Å². The lowest BCUT2D eigenvalue weighted by Gasteiger charge is -2.11. The Labute approximate surface area is 101 Å². The van der Waals surface area contributed by atoms with Gasteiger partial charge >= 0.3 is 0 Å². The van der Waals surface area contributed by atoms with Crippen molar-refractivity contribution in [3.8, 4) is 0 Å². The lowest BCUT2D eigenvalue weighted by atomic mass is 10.1. The quantitative estimate of drug-likeness (QED) is 0.822. The molecule has 1 atom stereocenters. The first kappa shape index (κ1) is 10.6. The summed E-state index contributed by atoms with van der Waals surface area (Å²) in [5.41, 5.74) is 9.43. The van der Waals surface area contributed by atoms with Gasteiger partial charge in [-0.2, -0.15) is 0 Å². The minimum atomic E-state index is 0.637. The van der Waals surface area contributed by atoms with E-state index in [1.54, 1.807) is 0 Å². The molecule has 0 saturated carbocycles. The van der Waals surface area contributed by atoms with E-state index >= 15 is 0 Å². The summed E-state index contributed by atoms with van der Waals surface area (Å²) in [5.74, 6) is 1.31. The number of hydrogen-bond donors (Lipinski definition) is 2. The van der Waals surface area contributed by atoms with Gasteiger partial charge in [0.15, 0.2) is 0 Å². The molecule has 0 bridgehead atoms. The van der Waals surface area contributed by atoms with Crippen molar-refractivity contribution in [3.05, 3.63) is 23.8 Å². The monoisotopic (exact) mass is 230 g/mol. The van der Waals surface area contributed by atoms with Crippen molar-refractivity contribution in [2.75, 3.05) is 18.8 Å². The lowest BCUT2D eigenvalue weighted by molar-refractivity contribution is 0.493. The zero-order valence-electron chi connectivity index (χ0n) is 10.1. The van der Waals surface area contributed by atoms with Crippen LogP contribution >= 0.6 is 0 Å². The molecule has 0 radical (unpaired) electrons. The normalized spacial score (nSPS) is 20.2. The molecule has 2 aromatic rings. The smallest absolute Gasteiger partial charge is 0.201 e. The van der Waals surface area contributed by atoms with Gasteiger partial charge in [-0.15, -0.1) is 0 Å². The number of fused-ring (bicyclic) bond motifs is 1. The van der Waals surface area contributed by atoms with Gasteiger partial charge in [0.25, 0.3) is 0 Å². The zero-order chi connectivity index (χ0) is 11.8. The number of aromatic nitrogens is 2. The van der Waals surface area contributed by atoms with E-state index in [9.17, 15) is 0 Å². The summed E-state index contributed by atoms with van der Waals surface area (Å²) in [4.78, 5) is 4.42. The molecule has 3 N–H and O–H groups in total. The predicted octanol–water partition coefficient (Wildman–Crippen LogP) is 1.54. The minimum Gasteiger partial charge on any atom is -0.369 e. The van der Waals surface area contributed by atoms with Crippen molar-refractivity contribution in [2.24, 2.45) is 5.92 Å². The first-order valence-electron chi connectivity index (χ1n) is 6.17. The number of hydrogen-bond acceptors (Lipinski definition) is 3. The Kier molecular flexibility index (Phi) is 2.52. The third-order valence-electron chi connectivity index (χ3n) is 3.54. The van der Waals surface area contributed by atoms with E-state index in [2.05, 4.69) is 33.9 Å². The van der Waals surface area contributed by atoms with E-state index in [0.717, 1.165) is 30.7 Å². The molecule has 4 nitrogen and oxygen atoms in total. The second-order valence-corrected chi connectivity index (χ2v) is 4.93. The molecule has 3 rings (SSSR count). The molecule has 90 valence electrons. The van der Waals surface area contributed by atoms with Crippen molar-refractivity contribution >= 4 is 17.0 Å². The lowest BCUT2D eigenvalue weighted by Crippen LogP contribution is -2.15. The van der Waals surface area contributed by atoms with E-state index < -0.39 is 0 Å². The Hall–Kier alpha value is -1.55. The zero-order valence-corrected chi connectivity index (χ0v) is 10.1. The van der Waals surface area contributed by atoms with Gasteiger partial charge in [-0.3, -0.25) is 0 Å². The SMILES string of the molecule is Cc1ccc2nc(N)n(CC3CCNC3)c2c1. The van der Waals surface area contributed by atoms with E-state index in [1.165, 1.54) is 12.0 Å². The third-order valence-corrected chi connectivity index (χ3v) is 3.54. The molecular formula is C13H18N4. The third kappa shape index (κ3) is 1.89. The van der Waals surface area contributed by atoms with Crippen LogP contribution in [0.25, 0.3) is 11.0 Å². The number of aryl methyl sites for hydroxylation is 1. The first-order chi connectivity index (χ1) is 8.24. The summed E-state index contributed by atoms with van der Waals surface area (Å²) in [6.07, 6.45) is 1.23. The summed E-state index contributed by atoms with van der Waals surface area (Å²) in [6.45, 7) is 5.28. The average Bonchev–Trinajstić information content (AvgIpc) is 2.90. The molecular weight excluding hydrogens is 212 g/mol. The molecule has 1 aliphatic heterocycles. The number of imidazole rings is 1. The van der Waals surface area contributed by atoms with E-state index in [0.29, 0.717) is 11.9 Å². The molecule has 4 heteroatoms. The highest BCUT2D eigenvalue weighted by Crippen LogP contribution is 2.22. The molecule has 2 heterocycles. The second kappa shape index (κ2) is 4.04. The fourth-order valence-electron chi connectivity index (χ4n) is 2.57. The fourth-order valence-corrected chi connectivity index (χ4v) is 2.57. The second-order valence-electron chi connectivity index (χ2n) is 4.93. The van der Waals surface area contributed by atoms with E-state index in [4.69, 9.17) is 5.73 Å². The number of anilines is 1. The Bertz CT molecular complexity index is 538. The molecule has 1 unspecified atom stereocenters. The highest BCUT2D eigenvalue weighted by Gasteiger charge is 2.17.